The summed E-state index contributed by atoms with van der Waals surface area (Å²) in [6, 6.07) is 15.8. The Kier molecular flexibility index (Phi) is 5.89. The number of fused-ring (bicyclic) bond motifs is 1. The van der Waals surface area contributed by atoms with Crippen molar-refractivity contribution < 1.29 is 14.3 Å². The van der Waals surface area contributed by atoms with Crippen molar-refractivity contribution in [1.29, 1.82) is 0 Å². The molecule has 1 aliphatic rings. The Balaban J connectivity index is 1.21. The van der Waals surface area contributed by atoms with Gasteiger partial charge in [0.1, 0.15) is 18.1 Å². The second-order valence-electron chi connectivity index (χ2n) is 7.31. The van der Waals surface area contributed by atoms with Crippen LogP contribution in [0.1, 0.15) is 24.3 Å². The SMILES string of the molecule is COc1ccc(OCCNC(=O)N2CCC(c3c[nH]c4ccccc34)CC2)cc1. The van der Waals surface area contributed by atoms with Gasteiger partial charge in [0.15, 0.2) is 0 Å². The maximum absolute atomic E-state index is 12.4. The quantitative estimate of drug-likeness (QED) is 0.619. The number of rotatable bonds is 6. The van der Waals surface area contributed by atoms with Crippen LogP contribution >= 0.6 is 0 Å². The number of carbonyl (C=O) groups is 1. The molecule has 2 aromatic carbocycles. The summed E-state index contributed by atoms with van der Waals surface area (Å²) in [4.78, 5) is 17.7. The van der Waals surface area contributed by atoms with Crippen LogP contribution in [-0.2, 0) is 0 Å². The Morgan fingerprint density at radius 2 is 1.83 bits per heavy atom. The normalized spacial score (nSPS) is 14.7. The van der Waals surface area contributed by atoms with Crippen molar-refractivity contribution in [3.8, 4) is 11.5 Å². The average molecular weight is 393 g/mol. The van der Waals surface area contributed by atoms with Gasteiger partial charge in [-0.25, -0.2) is 4.79 Å². The highest BCUT2D eigenvalue weighted by atomic mass is 16.5. The predicted octanol–water partition coefficient (Wildman–Crippen LogP) is 4.14. The van der Waals surface area contributed by atoms with Crippen LogP contribution in [0, 0.1) is 0 Å². The van der Waals surface area contributed by atoms with E-state index in [1.54, 1.807) is 7.11 Å². The molecule has 2 N–H and O–H groups in total. The van der Waals surface area contributed by atoms with E-state index < -0.39 is 0 Å². The Morgan fingerprint density at radius 1 is 1.10 bits per heavy atom. The monoisotopic (exact) mass is 393 g/mol. The third kappa shape index (κ3) is 4.47. The summed E-state index contributed by atoms with van der Waals surface area (Å²) in [6.07, 6.45) is 4.09. The van der Waals surface area contributed by atoms with E-state index in [0.717, 1.165) is 37.4 Å². The van der Waals surface area contributed by atoms with Crippen molar-refractivity contribution in [1.82, 2.24) is 15.2 Å². The van der Waals surface area contributed by atoms with Crippen molar-refractivity contribution >= 4 is 16.9 Å². The van der Waals surface area contributed by atoms with Crippen LogP contribution in [0.4, 0.5) is 4.79 Å². The number of benzene rings is 2. The van der Waals surface area contributed by atoms with Crippen molar-refractivity contribution in [2.75, 3.05) is 33.4 Å². The molecule has 2 amide bonds. The molecule has 0 aliphatic carbocycles. The minimum Gasteiger partial charge on any atom is -0.497 e. The zero-order chi connectivity index (χ0) is 20.1. The van der Waals surface area contributed by atoms with Gasteiger partial charge in [-0.15, -0.1) is 0 Å². The van der Waals surface area contributed by atoms with E-state index in [0.29, 0.717) is 19.1 Å². The number of aromatic amines is 1. The number of amides is 2. The number of H-pyrrole nitrogens is 1. The molecule has 1 saturated heterocycles. The summed E-state index contributed by atoms with van der Waals surface area (Å²) in [7, 11) is 1.63. The van der Waals surface area contributed by atoms with Crippen LogP contribution in [0.3, 0.4) is 0 Å². The van der Waals surface area contributed by atoms with Gasteiger partial charge in [-0.1, -0.05) is 18.2 Å². The van der Waals surface area contributed by atoms with Crippen LogP contribution < -0.4 is 14.8 Å². The summed E-state index contributed by atoms with van der Waals surface area (Å²) in [5.41, 5.74) is 2.55. The standard InChI is InChI=1S/C23H27N3O3/c1-28-18-6-8-19(9-7-18)29-15-12-24-23(27)26-13-10-17(11-14-26)21-16-25-22-5-3-2-4-20(21)22/h2-9,16-17,25H,10-15H2,1H3,(H,24,27). The first kappa shape index (κ1) is 19.2. The average Bonchev–Trinajstić information content (AvgIpc) is 3.21. The molecule has 1 aromatic heterocycles. The Bertz CT molecular complexity index is 943. The number of hydrogen-bond acceptors (Lipinski definition) is 3. The third-order valence-electron chi connectivity index (χ3n) is 5.55. The van der Waals surface area contributed by atoms with Crippen molar-refractivity contribution in [3.63, 3.8) is 0 Å². The minimum absolute atomic E-state index is 0.0132. The van der Waals surface area contributed by atoms with E-state index in [1.165, 1.54) is 16.5 Å². The molecule has 0 radical (unpaired) electrons. The molecule has 6 heteroatoms. The summed E-state index contributed by atoms with van der Waals surface area (Å²) in [5.74, 6) is 2.05. The second-order valence-corrected chi connectivity index (χ2v) is 7.31. The third-order valence-corrected chi connectivity index (χ3v) is 5.55. The number of ether oxygens (including phenoxy) is 2. The fourth-order valence-electron chi connectivity index (χ4n) is 3.94. The summed E-state index contributed by atoms with van der Waals surface area (Å²) in [6.45, 7) is 2.46. The fraction of sp³-hybridized carbons (Fsp3) is 0.348. The van der Waals surface area contributed by atoms with Gasteiger partial charge in [0.25, 0.3) is 0 Å². The van der Waals surface area contributed by atoms with Crippen LogP contribution in [-0.4, -0.2) is 49.3 Å². The van der Waals surface area contributed by atoms with Gasteiger partial charge in [-0.2, -0.15) is 0 Å². The zero-order valence-electron chi connectivity index (χ0n) is 16.7. The number of urea groups is 1. The van der Waals surface area contributed by atoms with Gasteiger partial charge in [-0.3, -0.25) is 0 Å². The highest BCUT2D eigenvalue weighted by molar-refractivity contribution is 5.83. The maximum Gasteiger partial charge on any atom is 0.317 e. The lowest BCUT2D eigenvalue weighted by Gasteiger charge is -2.32. The first-order valence-electron chi connectivity index (χ1n) is 10.1. The fourth-order valence-corrected chi connectivity index (χ4v) is 3.94. The molecule has 152 valence electrons. The van der Waals surface area contributed by atoms with Crippen LogP contribution in [0.15, 0.2) is 54.7 Å². The van der Waals surface area contributed by atoms with Crippen LogP contribution in [0.2, 0.25) is 0 Å². The molecule has 4 rings (SSSR count). The van der Waals surface area contributed by atoms with E-state index in [1.807, 2.05) is 35.2 Å². The number of carbonyl (C=O) groups excluding carboxylic acids is 1. The zero-order valence-corrected chi connectivity index (χ0v) is 16.7. The smallest absolute Gasteiger partial charge is 0.317 e. The van der Waals surface area contributed by atoms with Gasteiger partial charge in [0.2, 0.25) is 0 Å². The molecule has 0 atom stereocenters. The molecular formula is C23H27N3O3. The molecule has 3 aromatic rings. The molecule has 1 fully saturated rings. The number of para-hydroxylation sites is 1. The van der Waals surface area contributed by atoms with E-state index in [4.69, 9.17) is 9.47 Å². The number of aromatic nitrogens is 1. The summed E-state index contributed by atoms with van der Waals surface area (Å²) < 4.78 is 10.8. The molecular weight excluding hydrogens is 366 g/mol. The Morgan fingerprint density at radius 3 is 2.59 bits per heavy atom. The lowest BCUT2D eigenvalue weighted by Crippen LogP contribution is -2.45. The largest absolute Gasteiger partial charge is 0.497 e. The van der Waals surface area contributed by atoms with Crippen molar-refractivity contribution in [2.24, 2.45) is 0 Å². The van der Waals surface area contributed by atoms with Crippen molar-refractivity contribution in [3.05, 3.63) is 60.3 Å². The van der Waals surface area contributed by atoms with Gasteiger partial charge in [-0.05, 0) is 54.7 Å². The van der Waals surface area contributed by atoms with Crippen LogP contribution in [0.25, 0.3) is 10.9 Å². The summed E-state index contributed by atoms with van der Waals surface area (Å²) in [5, 5.41) is 4.25. The number of likely N-dealkylation sites (tertiary alicyclic amines) is 1. The predicted molar refractivity (Wildman–Crippen MR) is 114 cm³/mol. The van der Waals surface area contributed by atoms with Gasteiger partial charge < -0.3 is 24.7 Å². The molecule has 1 aliphatic heterocycles. The number of nitrogens with one attached hydrogen (secondary N) is 2. The lowest BCUT2D eigenvalue weighted by molar-refractivity contribution is 0.179. The number of nitrogens with zero attached hydrogens (tertiary/aromatic N) is 1. The van der Waals surface area contributed by atoms with Gasteiger partial charge in [0.05, 0.1) is 13.7 Å². The van der Waals surface area contributed by atoms with Crippen LogP contribution in [0.5, 0.6) is 11.5 Å². The molecule has 2 heterocycles. The van der Waals surface area contributed by atoms with E-state index in [-0.39, 0.29) is 6.03 Å². The molecule has 0 spiro atoms. The van der Waals surface area contributed by atoms with Gasteiger partial charge >= 0.3 is 6.03 Å². The summed E-state index contributed by atoms with van der Waals surface area (Å²) >= 11 is 0. The molecule has 0 bridgehead atoms. The molecule has 0 unspecified atom stereocenters. The number of piperidine rings is 1. The Labute approximate surface area is 170 Å². The van der Waals surface area contributed by atoms with E-state index in [2.05, 4.69) is 34.7 Å². The van der Waals surface area contributed by atoms with E-state index >= 15 is 0 Å². The first-order chi connectivity index (χ1) is 14.2. The minimum atomic E-state index is -0.0132. The van der Waals surface area contributed by atoms with Gasteiger partial charge in [0, 0.05) is 30.2 Å². The highest BCUT2D eigenvalue weighted by Gasteiger charge is 2.25. The number of hydrogen-bond donors (Lipinski definition) is 2. The highest BCUT2D eigenvalue weighted by Crippen LogP contribution is 2.33. The molecule has 0 saturated carbocycles. The van der Waals surface area contributed by atoms with Crippen molar-refractivity contribution in [2.45, 2.75) is 18.8 Å². The maximum atomic E-state index is 12.4. The number of methoxy groups -OCH3 is 1. The lowest BCUT2D eigenvalue weighted by atomic mass is 9.89. The molecule has 6 nitrogen and oxygen atoms in total. The Hall–Kier alpha value is -3.15. The first-order valence-corrected chi connectivity index (χ1v) is 10.1. The second kappa shape index (κ2) is 8.90. The molecule has 29 heavy (non-hydrogen) atoms. The van der Waals surface area contributed by atoms with E-state index in [9.17, 15) is 4.79 Å². The topological polar surface area (TPSA) is 66.6 Å².